The fourth-order valence-corrected chi connectivity index (χ4v) is 1.07. The van der Waals surface area contributed by atoms with Crippen LogP contribution in [-0.4, -0.2) is 19.3 Å². The van der Waals surface area contributed by atoms with Crippen molar-refractivity contribution in [1.29, 1.82) is 0 Å². The van der Waals surface area contributed by atoms with E-state index in [1.54, 1.807) is 0 Å². The average Bonchev–Trinajstić information content (AvgIpc) is 2.10. The molecule has 3 heteroatoms. The van der Waals surface area contributed by atoms with Gasteiger partial charge in [-0.05, 0) is 19.3 Å². The first-order valence-electron chi connectivity index (χ1n) is 4.43. The number of halogens is 1. The first kappa shape index (κ1) is 11.4. The summed E-state index contributed by atoms with van der Waals surface area (Å²) in [5.74, 6) is 0. The van der Waals surface area contributed by atoms with Crippen LogP contribution in [0.4, 0.5) is 4.39 Å². The second kappa shape index (κ2) is 8.50. The molecule has 1 unspecified atom stereocenters. The highest BCUT2D eigenvalue weighted by Gasteiger charge is 2.08. The van der Waals surface area contributed by atoms with E-state index >= 15 is 0 Å². The molecule has 0 heterocycles. The normalized spacial score (nSPS) is 12.5. The molecule has 0 N–H and O–H groups in total. The molecule has 0 aliphatic carbocycles. The van der Waals surface area contributed by atoms with Gasteiger partial charge in [0.15, 0.2) is 0 Å². The maximum absolute atomic E-state index is 11.8. The fraction of sp³-hybridized carbons (Fsp3) is 0.889. The van der Waals surface area contributed by atoms with Crippen molar-refractivity contribution in [2.24, 2.45) is 0 Å². The maximum Gasteiger partial charge on any atom is 0.417 e. The summed E-state index contributed by atoms with van der Waals surface area (Å²) in [6, 6.07) is 0. The van der Waals surface area contributed by atoms with Gasteiger partial charge in [-0.3, -0.25) is 4.39 Å². The number of hydrogen-bond donors (Lipinski definition) is 0. The summed E-state index contributed by atoms with van der Waals surface area (Å²) in [6.45, 7) is 3.14. The van der Waals surface area contributed by atoms with Crippen LogP contribution in [0.5, 0.6) is 0 Å². The Morgan fingerprint density at radius 1 is 1.42 bits per heavy atom. The van der Waals surface area contributed by atoms with E-state index in [4.69, 9.17) is 0 Å². The van der Waals surface area contributed by atoms with E-state index in [-0.39, 0.29) is 12.8 Å². The molecule has 71 valence electrons. The third kappa shape index (κ3) is 6.13. The van der Waals surface area contributed by atoms with Gasteiger partial charge in [0, 0.05) is 0 Å². The van der Waals surface area contributed by atoms with Gasteiger partial charge in [-0.2, -0.15) is 0 Å². The molecule has 0 aromatic carbocycles. The van der Waals surface area contributed by atoms with E-state index in [1.807, 2.05) is 0 Å². The van der Waals surface area contributed by atoms with Crippen LogP contribution in [-0.2, 0) is 9.53 Å². The standard InChI is InChI=1S/C9H16FO2/c1-2-3-5-9(12-8-11)6-4-7-10/h9H,2-7H2,1H3. The molecule has 0 rings (SSSR count). The minimum absolute atomic E-state index is 0.127. The highest BCUT2D eigenvalue weighted by Crippen LogP contribution is 2.10. The van der Waals surface area contributed by atoms with Gasteiger partial charge in [0.05, 0.1) is 6.67 Å². The van der Waals surface area contributed by atoms with Crippen molar-refractivity contribution in [2.45, 2.75) is 45.1 Å². The number of hydrogen-bond acceptors (Lipinski definition) is 2. The van der Waals surface area contributed by atoms with Gasteiger partial charge in [0.25, 0.3) is 0 Å². The van der Waals surface area contributed by atoms with Crippen LogP contribution < -0.4 is 0 Å². The molecule has 1 radical (unpaired) electrons. The molecule has 2 nitrogen and oxygen atoms in total. The van der Waals surface area contributed by atoms with Crippen LogP contribution >= 0.6 is 0 Å². The lowest BCUT2D eigenvalue weighted by Crippen LogP contribution is -2.12. The van der Waals surface area contributed by atoms with E-state index in [0.29, 0.717) is 12.8 Å². The molecule has 0 saturated carbocycles. The zero-order chi connectivity index (χ0) is 9.23. The Morgan fingerprint density at radius 2 is 2.08 bits per heavy atom. The van der Waals surface area contributed by atoms with Gasteiger partial charge >= 0.3 is 6.47 Å². The molecule has 0 fully saturated rings. The van der Waals surface area contributed by atoms with Crippen LogP contribution in [0.1, 0.15) is 39.0 Å². The van der Waals surface area contributed by atoms with Crippen molar-refractivity contribution in [3.8, 4) is 0 Å². The van der Waals surface area contributed by atoms with Gasteiger partial charge in [0.1, 0.15) is 6.10 Å². The Kier molecular flexibility index (Phi) is 8.07. The topological polar surface area (TPSA) is 26.3 Å². The Labute approximate surface area is 73.1 Å². The van der Waals surface area contributed by atoms with Gasteiger partial charge in [-0.1, -0.05) is 19.8 Å². The van der Waals surface area contributed by atoms with E-state index < -0.39 is 0 Å². The molecule has 1 atom stereocenters. The lowest BCUT2D eigenvalue weighted by Gasteiger charge is -2.12. The second-order valence-electron chi connectivity index (χ2n) is 2.80. The minimum Gasteiger partial charge on any atom is -0.454 e. The van der Waals surface area contributed by atoms with E-state index in [0.717, 1.165) is 19.3 Å². The minimum atomic E-state index is -0.342. The molecule has 0 aromatic heterocycles. The molecule has 0 spiro atoms. The summed E-state index contributed by atoms with van der Waals surface area (Å²) in [4.78, 5) is 9.90. The van der Waals surface area contributed by atoms with Crippen LogP contribution in [0.2, 0.25) is 0 Å². The predicted molar refractivity (Wildman–Crippen MR) is 45.3 cm³/mol. The molecule has 0 aliphatic heterocycles. The smallest absolute Gasteiger partial charge is 0.417 e. The van der Waals surface area contributed by atoms with Gasteiger partial charge in [-0.25, -0.2) is 4.79 Å². The Bertz CT molecular complexity index is 98.7. The number of alkyl halides is 1. The number of unbranched alkanes of at least 4 members (excludes halogenated alkanes) is 1. The van der Waals surface area contributed by atoms with Crippen molar-refractivity contribution in [1.82, 2.24) is 0 Å². The van der Waals surface area contributed by atoms with Gasteiger partial charge < -0.3 is 4.74 Å². The monoisotopic (exact) mass is 175 g/mol. The summed E-state index contributed by atoms with van der Waals surface area (Å²) >= 11 is 0. The van der Waals surface area contributed by atoms with Crippen molar-refractivity contribution < 1.29 is 13.9 Å². The maximum atomic E-state index is 11.8. The third-order valence-electron chi connectivity index (χ3n) is 1.75. The number of rotatable bonds is 8. The molecule has 0 aliphatic rings. The first-order chi connectivity index (χ1) is 5.85. The molecule has 0 saturated heterocycles. The fourth-order valence-electron chi connectivity index (χ4n) is 1.07. The summed E-state index contributed by atoms with van der Waals surface area (Å²) in [6.07, 6.45) is 3.86. The predicted octanol–water partition coefficient (Wildman–Crippen LogP) is 2.38. The van der Waals surface area contributed by atoms with E-state index in [9.17, 15) is 9.18 Å². The van der Waals surface area contributed by atoms with E-state index in [1.165, 1.54) is 6.47 Å². The summed E-state index contributed by atoms with van der Waals surface area (Å²) < 4.78 is 16.4. The lowest BCUT2D eigenvalue weighted by atomic mass is 10.1. The molecular weight excluding hydrogens is 159 g/mol. The molecule has 0 bridgehead atoms. The van der Waals surface area contributed by atoms with E-state index in [2.05, 4.69) is 11.7 Å². The van der Waals surface area contributed by atoms with Crippen molar-refractivity contribution in [3.63, 3.8) is 0 Å². The summed E-state index contributed by atoms with van der Waals surface area (Å²) in [7, 11) is 0. The van der Waals surface area contributed by atoms with Crippen molar-refractivity contribution >= 4 is 6.47 Å². The summed E-state index contributed by atoms with van der Waals surface area (Å²) in [5.41, 5.74) is 0. The number of ether oxygens (including phenoxy) is 1. The lowest BCUT2D eigenvalue weighted by molar-refractivity contribution is 0.149. The van der Waals surface area contributed by atoms with Crippen LogP contribution in [0.3, 0.4) is 0 Å². The third-order valence-corrected chi connectivity index (χ3v) is 1.75. The Balaban J connectivity index is 3.46. The highest BCUT2D eigenvalue weighted by molar-refractivity contribution is 5.38. The molecule has 12 heavy (non-hydrogen) atoms. The number of carbonyl (C=O) groups excluding carboxylic acids is 1. The van der Waals surface area contributed by atoms with Crippen molar-refractivity contribution in [2.75, 3.05) is 6.67 Å². The zero-order valence-electron chi connectivity index (χ0n) is 7.51. The van der Waals surface area contributed by atoms with Gasteiger partial charge in [0.2, 0.25) is 0 Å². The Morgan fingerprint density at radius 3 is 2.58 bits per heavy atom. The molecule has 0 aromatic rings. The molecule has 0 amide bonds. The van der Waals surface area contributed by atoms with Crippen LogP contribution in [0.15, 0.2) is 0 Å². The quantitative estimate of drug-likeness (QED) is 0.566. The molecular formula is C9H16FO2. The van der Waals surface area contributed by atoms with Crippen molar-refractivity contribution in [3.05, 3.63) is 0 Å². The largest absolute Gasteiger partial charge is 0.454 e. The highest BCUT2D eigenvalue weighted by atomic mass is 19.1. The average molecular weight is 175 g/mol. The Hall–Kier alpha value is -0.600. The van der Waals surface area contributed by atoms with Crippen LogP contribution in [0, 0.1) is 0 Å². The summed E-state index contributed by atoms with van der Waals surface area (Å²) in [5, 5.41) is 0. The zero-order valence-corrected chi connectivity index (χ0v) is 7.51. The first-order valence-corrected chi connectivity index (χ1v) is 4.43. The van der Waals surface area contributed by atoms with Crippen LogP contribution in [0.25, 0.3) is 0 Å². The second-order valence-corrected chi connectivity index (χ2v) is 2.80. The SMILES string of the molecule is CCCCC(CCCF)O[C]=O. The van der Waals surface area contributed by atoms with Gasteiger partial charge in [-0.15, -0.1) is 0 Å².